The normalized spacial score (nSPS) is 23.2. The van der Waals surface area contributed by atoms with Gasteiger partial charge in [0, 0.05) is 25.6 Å². The molecule has 0 aromatic rings. The summed E-state index contributed by atoms with van der Waals surface area (Å²) in [5.74, 6) is -1.08. The van der Waals surface area contributed by atoms with Gasteiger partial charge in [0.15, 0.2) is 0 Å². The molecule has 0 aromatic carbocycles. The average molecular weight is 256 g/mol. The number of carboxylic acids is 1. The van der Waals surface area contributed by atoms with E-state index < -0.39 is 18.1 Å². The molecule has 0 radical (unpaired) electrons. The zero-order valence-corrected chi connectivity index (χ0v) is 10.7. The number of β-amino-alcohol motifs (C(OH)–C–C–N with tert-alkyl or cyclic N) is 1. The molecule has 6 nitrogen and oxygen atoms in total. The topological polar surface area (TPSA) is 81.1 Å². The zero-order chi connectivity index (χ0) is 13.9. The lowest BCUT2D eigenvalue weighted by Gasteiger charge is -2.32. The predicted octanol–water partition coefficient (Wildman–Crippen LogP) is 0.523. The molecule has 2 amide bonds. The zero-order valence-electron chi connectivity index (χ0n) is 10.7. The first kappa shape index (κ1) is 14.5. The van der Waals surface area contributed by atoms with Crippen LogP contribution >= 0.6 is 0 Å². The molecule has 0 aromatic heterocycles. The van der Waals surface area contributed by atoms with E-state index in [1.807, 2.05) is 13.8 Å². The van der Waals surface area contributed by atoms with Crippen molar-refractivity contribution in [2.75, 3.05) is 13.1 Å². The molecule has 0 saturated carbocycles. The standard InChI is InChI=1S/C12H20N2O4/c1-4-5-13(8(2)3)12(18)14-7-9(15)6-10(14)11(16)17/h4,8-10,15H,1,5-7H2,2-3H3,(H,16,17)/t9-,10-/m1/s1. The highest BCUT2D eigenvalue weighted by atomic mass is 16.4. The van der Waals surface area contributed by atoms with Crippen molar-refractivity contribution in [2.24, 2.45) is 0 Å². The van der Waals surface area contributed by atoms with Gasteiger partial charge >= 0.3 is 12.0 Å². The number of urea groups is 1. The fourth-order valence-electron chi connectivity index (χ4n) is 2.07. The Kier molecular flexibility index (Phi) is 4.72. The van der Waals surface area contributed by atoms with E-state index >= 15 is 0 Å². The van der Waals surface area contributed by atoms with Crippen LogP contribution in [-0.4, -0.2) is 63.3 Å². The minimum atomic E-state index is -1.08. The van der Waals surface area contributed by atoms with Crippen molar-refractivity contribution in [3.63, 3.8) is 0 Å². The number of nitrogens with zero attached hydrogens (tertiary/aromatic N) is 2. The molecule has 18 heavy (non-hydrogen) atoms. The van der Waals surface area contributed by atoms with Crippen LogP contribution in [0.25, 0.3) is 0 Å². The highest BCUT2D eigenvalue weighted by Crippen LogP contribution is 2.20. The van der Waals surface area contributed by atoms with Gasteiger partial charge in [-0.05, 0) is 13.8 Å². The molecule has 1 heterocycles. The largest absolute Gasteiger partial charge is 0.480 e. The first-order valence-electron chi connectivity index (χ1n) is 5.97. The van der Waals surface area contributed by atoms with E-state index in [-0.39, 0.29) is 25.0 Å². The molecule has 1 aliphatic heterocycles. The summed E-state index contributed by atoms with van der Waals surface area (Å²) in [7, 11) is 0. The molecule has 102 valence electrons. The second-order valence-electron chi connectivity index (χ2n) is 4.71. The quantitative estimate of drug-likeness (QED) is 0.719. The summed E-state index contributed by atoms with van der Waals surface area (Å²) >= 11 is 0. The van der Waals surface area contributed by atoms with Crippen LogP contribution in [0.5, 0.6) is 0 Å². The van der Waals surface area contributed by atoms with Crippen molar-refractivity contribution in [3.8, 4) is 0 Å². The summed E-state index contributed by atoms with van der Waals surface area (Å²) in [6.07, 6.45) is 0.911. The van der Waals surface area contributed by atoms with Gasteiger partial charge in [-0.2, -0.15) is 0 Å². The fourth-order valence-corrected chi connectivity index (χ4v) is 2.07. The molecule has 1 rings (SSSR count). The number of hydrogen-bond donors (Lipinski definition) is 2. The molecule has 0 aliphatic carbocycles. The number of aliphatic hydroxyl groups is 1. The van der Waals surface area contributed by atoms with Crippen molar-refractivity contribution < 1.29 is 19.8 Å². The highest BCUT2D eigenvalue weighted by molar-refractivity contribution is 5.83. The summed E-state index contributed by atoms with van der Waals surface area (Å²) < 4.78 is 0. The van der Waals surface area contributed by atoms with Crippen LogP contribution < -0.4 is 0 Å². The lowest BCUT2D eigenvalue weighted by Crippen LogP contribution is -2.50. The predicted molar refractivity (Wildman–Crippen MR) is 66.2 cm³/mol. The Hall–Kier alpha value is -1.56. The summed E-state index contributed by atoms with van der Waals surface area (Å²) in [5.41, 5.74) is 0. The third kappa shape index (κ3) is 3.01. The SMILES string of the molecule is C=CCN(C(=O)N1C[C@H](O)C[C@@H]1C(=O)O)C(C)C. The second-order valence-corrected chi connectivity index (χ2v) is 4.71. The summed E-state index contributed by atoms with van der Waals surface area (Å²) in [6.45, 7) is 7.71. The maximum atomic E-state index is 12.3. The molecule has 2 atom stereocenters. The van der Waals surface area contributed by atoms with Gasteiger partial charge in [-0.1, -0.05) is 6.08 Å². The lowest BCUT2D eigenvalue weighted by atomic mass is 10.2. The van der Waals surface area contributed by atoms with Crippen LogP contribution in [0.4, 0.5) is 4.79 Å². The molecular weight excluding hydrogens is 236 g/mol. The van der Waals surface area contributed by atoms with Crippen LogP contribution in [0.15, 0.2) is 12.7 Å². The Balaban J connectivity index is 2.86. The second kappa shape index (κ2) is 5.86. The Bertz CT molecular complexity index is 343. The Labute approximate surface area is 106 Å². The third-order valence-electron chi connectivity index (χ3n) is 3.00. The molecule has 2 N–H and O–H groups in total. The number of carboxylic acid groups (broad SMARTS) is 1. The van der Waals surface area contributed by atoms with Crippen LogP contribution in [0, 0.1) is 0 Å². The highest BCUT2D eigenvalue weighted by Gasteiger charge is 2.40. The van der Waals surface area contributed by atoms with Gasteiger partial charge in [0.1, 0.15) is 6.04 Å². The van der Waals surface area contributed by atoms with E-state index in [0.717, 1.165) is 0 Å². The average Bonchev–Trinajstić information content (AvgIpc) is 2.67. The lowest BCUT2D eigenvalue weighted by molar-refractivity contribution is -0.141. The van der Waals surface area contributed by atoms with Crippen molar-refractivity contribution in [1.29, 1.82) is 0 Å². The number of rotatable bonds is 4. The molecular formula is C12H20N2O4. The van der Waals surface area contributed by atoms with Crippen molar-refractivity contribution in [1.82, 2.24) is 9.80 Å². The van der Waals surface area contributed by atoms with Crippen molar-refractivity contribution >= 4 is 12.0 Å². The van der Waals surface area contributed by atoms with Crippen LogP contribution in [0.1, 0.15) is 20.3 Å². The number of likely N-dealkylation sites (tertiary alicyclic amines) is 1. The van der Waals surface area contributed by atoms with Gasteiger partial charge in [0.2, 0.25) is 0 Å². The maximum Gasteiger partial charge on any atom is 0.326 e. The monoisotopic (exact) mass is 256 g/mol. The summed E-state index contributed by atoms with van der Waals surface area (Å²) in [6, 6.07) is -1.37. The Morgan fingerprint density at radius 3 is 2.61 bits per heavy atom. The number of carbonyl (C=O) groups excluding carboxylic acids is 1. The van der Waals surface area contributed by atoms with Crippen LogP contribution in [0.2, 0.25) is 0 Å². The Morgan fingerprint density at radius 1 is 1.56 bits per heavy atom. The molecule has 1 saturated heterocycles. The minimum Gasteiger partial charge on any atom is -0.480 e. The number of amides is 2. The number of aliphatic hydroxyl groups excluding tert-OH is 1. The van der Waals surface area contributed by atoms with Gasteiger partial charge in [-0.3, -0.25) is 0 Å². The summed E-state index contributed by atoms with van der Waals surface area (Å²) in [4.78, 5) is 26.1. The molecule has 1 aliphatic rings. The van der Waals surface area contributed by atoms with Gasteiger partial charge in [0.05, 0.1) is 6.10 Å². The van der Waals surface area contributed by atoms with Gasteiger partial charge in [-0.15, -0.1) is 6.58 Å². The fraction of sp³-hybridized carbons (Fsp3) is 0.667. The summed E-state index contributed by atoms with van der Waals surface area (Å²) in [5, 5.41) is 18.6. The number of carbonyl (C=O) groups is 2. The van der Waals surface area contributed by atoms with Crippen molar-refractivity contribution in [2.45, 2.75) is 38.5 Å². The van der Waals surface area contributed by atoms with Gasteiger partial charge in [0.25, 0.3) is 0 Å². The van der Waals surface area contributed by atoms with Crippen LogP contribution in [-0.2, 0) is 4.79 Å². The smallest absolute Gasteiger partial charge is 0.326 e. The molecule has 0 bridgehead atoms. The maximum absolute atomic E-state index is 12.3. The van der Waals surface area contributed by atoms with Crippen molar-refractivity contribution in [3.05, 3.63) is 12.7 Å². The Morgan fingerprint density at radius 2 is 2.17 bits per heavy atom. The molecule has 0 spiro atoms. The first-order valence-corrected chi connectivity index (χ1v) is 5.97. The van der Waals surface area contributed by atoms with E-state index in [9.17, 15) is 14.7 Å². The van der Waals surface area contributed by atoms with E-state index in [0.29, 0.717) is 6.54 Å². The van der Waals surface area contributed by atoms with E-state index in [2.05, 4.69) is 6.58 Å². The molecule has 6 heteroatoms. The minimum absolute atomic E-state index is 0.0531. The number of aliphatic carboxylic acids is 1. The van der Waals surface area contributed by atoms with E-state index in [1.54, 1.807) is 6.08 Å². The van der Waals surface area contributed by atoms with E-state index in [1.165, 1.54) is 9.80 Å². The first-order chi connectivity index (χ1) is 8.38. The molecule has 1 fully saturated rings. The van der Waals surface area contributed by atoms with E-state index in [4.69, 9.17) is 5.11 Å². The third-order valence-corrected chi connectivity index (χ3v) is 3.00. The van der Waals surface area contributed by atoms with Crippen LogP contribution in [0.3, 0.4) is 0 Å². The molecule has 0 unspecified atom stereocenters. The van der Waals surface area contributed by atoms with Gasteiger partial charge in [-0.25, -0.2) is 9.59 Å². The van der Waals surface area contributed by atoms with Gasteiger partial charge < -0.3 is 20.0 Å². The number of hydrogen-bond acceptors (Lipinski definition) is 3.